The molecule has 2 N–H and O–H groups in total. The van der Waals surface area contributed by atoms with Crippen LogP contribution < -0.4 is 10.6 Å². The summed E-state index contributed by atoms with van der Waals surface area (Å²) in [5, 5.41) is 6.35. The number of rotatable bonds is 5. The van der Waals surface area contributed by atoms with E-state index >= 15 is 0 Å². The zero-order valence-electron chi connectivity index (χ0n) is 14.7. The van der Waals surface area contributed by atoms with Crippen molar-refractivity contribution in [2.24, 2.45) is 4.99 Å². The van der Waals surface area contributed by atoms with Gasteiger partial charge in [0, 0.05) is 28.5 Å². The molecule has 0 fully saturated rings. The lowest BCUT2D eigenvalue weighted by Crippen LogP contribution is -2.24. The van der Waals surface area contributed by atoms with E-state index in [2.05, 4.69) is 15.6 Å². The van der Waals surface area contributed by atoms with E-state index in [-0.39, 0.29) is 11.8 Å². The van der Waals surface area contributed by atoms with Crippen LogP contribution in [0.4, 0.5) is 11.4 Å². The van der Waals surface area contributed by atoms with Gasteiger partial charge in [0.15, 0.2) is 0 Å². The molecule has 0 saturated carbocycles. The molecule has 1 atom stereocenters. The van der Waals surface area contributed by atoms with Gasteiger partial charge >= 0.3 is 0 Å². The molecule has 1 heterocycles. The zero-order valence-corrected chi connectivity index (χ0v) is 15.4. The van der Waals surface area contributed by atoms with Crippen LogP contribution in [0.2, 0.25) is 5.02 Å². The van der Waals surface area contributed by atoms with Gasteiger partial charge in [0.05, 0.1) is 5.69 Å². The number of hydrogen-bond acceptors (Lipinski definition) is 3. The third-order valence-electron chi connectivity index (χ3n) is 4.23. The summed E-state index contributed by atoms with van der Waals surface area (Å²) in [5.74, 6) is -0.791. The number of amides is 2. The van der Waals surface area contributed by atoms with E-state index in [1.54, 1.807) is 42.5 Å². The van der Waals surface area contributed by atoms with E-state index in [0.717, 1.165) is 23.4 Å². The molecule has 6 heteroatoms. The average molecular weight is 370 g/mol. The third-order valence-corrected chi connectivity index (χ3v) is 4.48. The lowest BCUT2D eigenvalue weighted by atomic mass is 9.94. The van der Waals surface area contributed by atoms with E-state index in [1.807, 2.05) is 13.8 Å². The molecule has 3 rings (SSSR count). The fraction of sp³-hybridized carbons (Fsp3) is 0.250. The maximum absolute atomic E-state index is 12.5. The Bertz CT molecular complexity index is 875. The summed E-state index contributed by atoms with van der Waals surface area (Å²) < 4.78 is 0. The minimum atomic E-state index is -0.514. The van der Waals surface area contributed by atoms with Crippen molar-refractivity contribution in [3.05, 3.63) is 58.6 Å². The molecular weight excluding hydrogens is 350 g/mol. The lowest BCUT2D eigenvalue weighted by molar-refractivity contribution is -0.115. The molecule has 5 nitrogen and oxygen atoms in total. The van der Waals surface area contributed by atoms with Gasteiger partial charge in [-0.25, -0.2) is 0 Å². The topological polar surface area (TPSA) is 70.6 Å². The number of hydrogen-bond donors (Lipinski definition) is 2. The molecule has 0 aliphatic carbocycles. The predicted molar refractivity (Wildman–Crippen MR) is 105 cm³/mol. The molecule has 2 amide bonds. The van der Waals surface area contributed by atoms with Crippen LogP contribution in [-0.4, -0.2) is 24.1 Å². The van der Waals surface area contributed by atoms with Crippen LogP contribution in [-0.2, 0) is 4.79 Å². The minimum Gasteiger partial charge on any atom is -0.352 e. The Hall–Kier alpha value is -2.66. The Morgan fingerprint density at radius 1 is 1.23 bits per heavy atom. The van der Waals surface area contributed by atoms with Crippen molar-refractivity contribution in [2.45, 2.75) is 26.2 Å². The van der Waals surface area contributed by atoms with Gasteiger partial charge in [-0.3, -0.25) is 14.6 Å². The van der Waals surface area contributed by atoms with Crippen molar-refractivity contribution in [3.63, 3.8) is 0 Å². The molecule has 0 bridgehead atoms. The number of halogens is 1. The SMILES string of the molecule is CCCNC(=O)c1ccc2c(c1)C(C(C)=Nc1ccc(Cl)cc1)C(=O)N2. The Balaban J connectivity index is 1.91. The monoisotopic (exact) mass is 369 g/mol. The van der Waals surface area contributed by atoms with Crippen molar-refractivity contribution in [2.75, 3.05) is 11.9 Å². The maximum atomic E-state index is 12.5. The van der Waals surface area contributed by atoms with E-state index in [4.69, 9.17) is 11.6 Å². The van der Waals surface area contributed by atoms with Gasteiger partial charge in [-0.05, 0) is 61.4 Å². The summed E-state index contributed by atoms with van der Waals surface area (Å²) in [5.41, 5.74) is 3.42. The highest BCUT2D eigenvalue weighted by atomic mass is 35.5. The van der Waals surface area contributed by atoms with Gasteiger partial charge in [-0.2, -0.15) is 0 Å². The van der Waals surface area contributed by atoms with Gasteiger partial charge in [-0.1, -0.05) is 18.5 Å². The molecular formula is C20H20ClN3O2. The van der Waals surface area contributed by atoms with Crippen LogP contribution >= 0.6 is 11.6 Å². The van der Waals surface area contributed by atoms with Gasteiger partial charge in [-0.15, -0.1) is 0 Å². The molecule has 1 aliphatic rings. The second-order valence-corrected chi connectivity index (χ2v) is 6.65. The van der Waals surface area contributed by atoms with Crippen LogP contribution in [0.15, 0.2) is 47.5 Å². The first-order chi connectivity index (χ1) is 12.5. The quantitative estimate of drug-likeness (QED) is 0.771. The summed E-state index contributed by atoms with van der Waals surface area (Å²) >= 11 is 5.90. The molecule has 26 heavy (non-hydrogen) atoms. The van der Waals surface area contributed by atoms with Gasteiger partial charge in [0.25, 0.3) is 5.91 Å². The second-order valence-electron chi connectivity index (χ2n) is 6.21. The van der Waals surface area contributed by atoms with Crippen molar-refractivity contribution < 1.29 is 9.59 Å². The minimum absolute atomic E-state index is 0.138. The van der Waals surface area contributed by atoms with Crippen molar-refractivity contribution in [1.29, 1.82) is 0 Å². The summed E-state index contributed by atoms with van der Waals surface area (Å²) in [6, 6.07) is 12.4. The summed E-state index contributed by atoms with van der Waals surface area (Å²) in [6.45, 7) is 4.43. The highest BCUT2D eigenvalue weighted by Gasteiger charge is 2.33. The van der Waals surface area contributed by atoms with Crippen LogP contribution in [0.5, 0.6) is 0 Å². The first-order valence-electron chi connectivity index (χ1n) is 8.53. The first kappa shape index (κ1) is 18.1. The Morgan fingerprint density at radius 2 is 1.96 bits per heavy atom. The molecule has 1 aliphatic heterocycles. The summed E-state index contributed by atoms with van der Waals surface area (Å²) in [4.78, 5) is 29.2. The standard InChI is InChI=1S/C20H20ClN3O2/c1-3-10-22-19(25)13-4-9-17-16(11-13)18(20(26)24-17)12(2)23-15-7-5-14(21)6-8-15/h4-9,11,18H,3,10H2,1-2H3,(H,22,25)(H,24,26). The Morgan fingerprint density at radius 3 is 2.65 bits per heavy atom. The molecule has 0 spiro atoms. The van der Waals surface area contributed by atoms with Crippen LogP contribution in [0, 0.1) is 0 Å². The highest BCUT2D eigenvalue weighted by molar-refractivity contribution is 6.30. The van der Waals surface area contributed by atoms with Crippen LogP contribution in [0.25, 0.3) is 0 Å². The summed E-state index contributed by atoms with van der Waals surface area (Å²) in [7, 11) is 0. The second kappa shape index (κ2) is 7.70. The first-order valence-corrected chi connectivity index (χ1v) is 8.91. The molecule has 0 saturated heterocycles. The maximum Gasteiger partial charge on any atom is 0.251 e. The van der Waals surface area contributed by atoms with Crippen LogP contribution in [0.1, 0.15) is 42.1 Å². The number of benzene rings is 2. The number of carbonyl (C=O) groups excluding carboxylic acids is 2. The molecule has 2 aromatic carbocycles. The molecule has 1 unspecified atom stereocenters. The normalized spacial score (nSPS) is 16.2. The molecule has 134 valence electrons. The van der Waals surface area contributed by atoms with E-state index < -0.39 is 5.92 Å². The molecule has 2 aromatic rings. The number of carbonyl (C=O) groups is 2. The van der Waals surface area contributed by atoms with E-state index in [1.165, 1.54) is 0 Å². The Kier molecular flexibility index (Phi) is 5.38. The number of aliphatic imine (C=N–C) groups is 1. The lowest BCUT2D eigenvalue weighted by Gasteiger charge is -2.10. The fourth-order valence-corrected chi connectivity index (χ4v) is 3.07. The zero-order chi connectivity index (χ0) is 18.7. The predicted octanol–water partition coefficient (Wildman–Crippen LogP) is 4.31. The van der Waals surface area contributed by atoms with Crippen molar-refractivity contribution in [1.82, 2.24) is 5.32 Å². The average Bonchev–Trinajstić information content (AvgIpc) is 2.96. The number of nitrogens with zero attached hydrogens (tertiary/aromatic N) is 1. The number of anilines is 1. The van der Waals surface area contributed by atoms with Gasteiger partial charge < -0.3 is 10.6 Å². The molecule has 0 radical (unpaired) electrons. The van der Waals surface area contributed by atoms with Gasteiger partial charge in [0.1, 0.15) is 5.92 Å². The summed E-state index contributed by atoms with van der Waals surface area (Å²) in [6.07, 6.45) is 0.867. The molecule has 0 aromatic heterocycles. The largest absolute Gasteiger partial charge is 0.352 e. The van der Waals surface area contributed by atoms with Crippen LogP contribution in [0.3, 0.4) is 0 Å². The van der Waals surface area contributed by atoms with Gasteiger partial charge in [0.2, 0.25) is 5.91 Å². The van der Waals surface area contributed by atoms with E-state index in [0.29, 0.717) is 22.8 Å². The Labute approximate surface area is 157 Å². The third kappa shape index (κ3) is 3.78. The fourth-order valence-electron chi connectivity index (χ4n) is 2.94. The van der Waals surface area contributed by atoms with E-state index in [9.17, 15) is 9.59 Å². The smallest absolute Gasteiger partial charge is 0.251 e. The number of fused-ring (bicyclic) bond motifs is 1. The highest BCUT2D eigenvalue weighted by Crippen LogP contribution is 2.35. The number of nitrogens with one attached hydrogen (secondary N) is 2. The van der Waals surface area contributed by atoms with Crippen molar-refractivity contribution in [3.8, 4) is 0 Å². The van der Waals surface area contributed by atoms with Crippen molar-refractivity contribution >= 4 is 40.5 Å².